The minimum atomic E-state index is 0. The lowest BCUT2D eigenvalue weighted by Crippen LogP contribution is -2.50. The number of aryl methyl sites for hydroxylation is 2. The van der Waals surface area contributed by atoms with Crippen molar-refractivity contribution >= 4 is 30.7 Å². The Balaban J connectivity index is 0.00000182. The molecular formula is C19H34Cl2N4O2. The Morgan fingerprint density at radius 3 is 2.26 bits per heavy atom. The van der Waals surface area contributed by atoms with Crippen LogP contribution in [0, 0.1) is 19.3 Å². The van der Waals surface area contributed by atoms with E-state index >= 15 is 0 Å². The highest BCUT2D eigenvalue weighted by Crippen LogP contribution is 2.38. The van der Waals surface area contributed by atoms with E-state index in [-0.39, 0.29) is 36.1 Å². The van der Waals surface area contributed by atoms with Gasteiger partial charge in [0.2, 0.25) is 11.8 Å². The van der Waals surface area contributed by atoms with Crippen LogP contribution < -0.4 is 5.73 Å². The largest absolute Gasteiger partial charge is 0.444 e. The molecule has 2 aliphatic rings. The molecule has 0 radical (unpaired) electrons. The summed E-state index contributed by atoms with van der Waals surface area (Å²) in [6.45, 7) is 8.61. The molecule has 0 atom stereocenters. The van der Waals surface area contributed by atoms with E-state index in [2.05, 4.69) is 9.88 Å². The Morgan fingerprint density at radius 2 is 1.74 bits per heavy atom. The van der Waals surface area contributed by atoms with E-state index in [1.165, 1.54) is 19.3 Å². The van der Waals surface area contributed by atoms with Crippen molar-refractivity contribution in [1.82, 2.24) is 14.8 Å². The standard InChI is InChI=1S/C19H32N4O2.2ClH/c1-15-16(2)25-17(21-15)13-22-8-10-23(11-9-22)18(24)12-19(14-20)6-4-3-5-7-19;;/h3-14,20H2,1-2H3;2*1H. The van der Waals surface area contributed by atoms with E-state index in [0.717, 1.165) is 62.9 Å². The molecule has 2 fully saturated rings. The number of hydrogen-bond acceptors (Lipinski definition) is 5. The second-order valence-electron chi connectivity index (χ2n) is 7.85. The Labute approximate surface area is 175 Å². The minimum absolute atomic E-state index is 0. The SMILES string of the molecule is Cc1nc(CN2CCN(C(=O)CC3(CN)CCCCC3)CC2)oc1C.Cl.Cl. The Kier molecular flexibility index (Phi) is 9.55. The highest BCUT2D eigenvalue weighted by atomic mass is 35.5. The molecular weight excluding hydrogens is 387 g/mol. The van der Waals surface area contributed by atoms with E-state index < -0.39 is 0 Å². The van der Waals surface area contributed by atoms with Crippen molar-refractivity contribution in [2.24, 2.45) is 11.1 Å². The lowest BCUT2D eigenvalue weighted by molar-refractivity contribution is -0.136. The molecule has 0 aromatic carbocycles. The van der Waals surface area contributed by atoms with Crippen LogP contribution in [0.2, 0.25) is 0 Å². The first kappa shape index (κ1) is 24.2. The van der Waals surface area contributed by atoms with Crippen molar-refractivity contribution in [2.75, 3.05) is 32.7 Å². The Bertz CT molecular complexity index is 575. The molecule has 2 N–H and O–H groups in total. The first-order valence-corrected chi connectivity index (χ1v) is 9.64. The predicted octanol–water partition coefficient (Wildman–Crippen LogP) is 3.08. The van der Waals surface area contributed by atoms with Gasteiger partial charge in [-0.2, -0.15) is 0 Å². The number of amides is 1. The average Bonchev–Trinajstić information content (AvgIpc) is 2.93. The number of aromatic nitrogens is 1. The van der Waals surface area contributed by atoms with Crippen molar-refractivity contribution in [2.45, 2.75) is 58.9 Å². The molecule has 0 spiro atoms. The monoisotopic (exact) mass is 420 g/mol. The van der Waals surface area contributed by atoms with Crippen LogP contribution in [0.4, 0.5) is 0 Å². The van der Waals surface area contributed by atoms with Crippen molar-refractivity contribution in [1.29, 1.82) is 0 Å². The number of nitrogens with zero attached hydrogens (tertiary/aromatic N) is 3. The van der Waals surface area contributed by atoms with Gasteiger partial charge in [0.25, 0.3) is 0 Å². The Hall–Kier alpha value is -0.820. The Morgan fingerprint density at radius 1 is 1.11 bits per heavy atom. The number of carbonyl (C=O) groups is 1. The molecule has 156 valence electrons. The van der Waals surface area contributed by atoms with Gasteiger partial charge in [-0.05, 0) is 38.6 Å². The predicted molar refractivity (Wildman–Crippen MR) is 112 cm³/mol. The van der Waals surface area contributed by atoms with Crippen LogP contribution in [0.1, 0.15) is 55.9 Å². The van der Waals surface area contributed by atoms with Gasteiger partial charge in [0, 0.05) is 32.6 Å². The van der Waals surface area contributed by atoms with Crippen LogP contribution in [0.5, 0.6) is 0 Å². The van der Waals surface area contributed by atoms with Crippen LogP contribution in [0.25, 0.3) is 0 Å². The molecule has 0 unspecified atom stereocenters. The van der Waals surface area contributed by atoms with Crippen LogP contribution in [-0.4, -0.2) is 53.4 Å². The number of carbonyl (C=O) groups excluding carboxylic acids is 1. The lowest BCUT2D eigenvalue weighted by Gasteiger charge is -2.39. The van der Waals surface area contributed by atoms with Gasteiger partial charge in [-0.1, -0.05) is 19.3 Å². The van der Waals surface area contributed by atoms with Crippen LogP contribution in [0.15, 0.2) is 4.42 Å². The molecule has 1 saturated carbocycles. The summed E-state index contributed by atoms with van der Waals surface area (Å²) >= 11 is 0. The van der Waals surface area contributed by atoms with Gasteiger partial charge >= 0.3 is 0 Å². The van der Waals surface area contributed by atoms with Crippen LogP contribution in [-0.2, 0) is 11.3 Å². The quantitative estimate of drug-likeness (QED) is 0.791. The molecule has 1 aliphatic carbocycles. The summed E-state index contributed by atoms with van der Waals surface area (Å²) < 4.78 is 5.67. The van der Waals surface area contributed by atoms with Gasteiger partial charge in [0.1, 0.15) is 5.76 Å². The molecule has 6 nitrogen and oxygen atoms in total. The number of oxazole rings is 1. The number of rotatable bonds is 5. The van der Waals surface area contributed by atoms with E-state index in [0.29, 0.717) is 13.0 Å². The topological polar surface area (TPSA) is 75.6 Å². The number of nitrogens with two attached hydrogens (primary N) is 1. The fourth-order valence-corrected chi connectivity index (χ4v) is 4.14. The van der Waals surface area contributed by atoms with E-state index in [4.69, 9.17) is 10.2 Å². The van der Waals surface area contributed by atoms with Gasteiger partial charge in [-0.15, -0.1) is 24.8 Å². The highest BCUT2D eigenvalue weighted by Gasteiger charge is 2.35. The molecule has 1 amide bonds. The number of halogens is 2. The van der Waals surface area contributed by atoms with Gasteiger partial charge in [0.15, 0.2) is 0 Å². The molecule has 1 aromatic heterocycles. The summed E-state index contributed by atoms with van der Waals surface area (Å²) in [7, 11) is 0. The smallest absolute Gasteiger partial charge is 0.223 e. The van der Waals surface area contributed by atoms with Crippen molar-refractivity contribution in [3.05, 3.63) is 17.3 Å². The van der Waals surface area contributed by atoms with E-state index in [1.54, 1.807) is 0 Å². The third-order valence-corrected chi connectivity index (χ3v) is 6.03. The van der Waals surface area contributed by atoms with E-state index in [9.17, 15) is 4.79 Å². The third-order valence-electron chi connectivity index (χ3n) is 6.03. The molecule has 2 heterocycles. The van der Waals surface area contributed by atoms with Crippen molar-refractivity contribution in [3.8, 4) is 0 Å². The second kappa shape index (κ2) is 10.6. The maximum absolute atomic E-state index is 12.8. The molecule has 27 heavy (non-hydrogen) atoms. The average molecular weight is 421 g/mol. The summed E-state index contributed by atoms with van der Waals surface area (Å²) in [6, 6.07) is 0. The first-order chi connectivity index (χ1) is 12.0. The summed E-state index contributed by atoms with van der Waals surface area (Å²) in [4.78, 5) is 21.6. The van der Waals surface area contributed by atoms with Crippen LogP contribution >= 0.6 is 24.8 Å². The van der Waals surface area contributed by atoms with Crippen molar-refractivity contribution in [3.63, 3.8) is 0 Å². The number of piperazine rings is 1. The molecule has 1 saturated heterocycles. The molecule has 0 bridgehead atoms. The normalized spacial score (nSPS) is 19.9. The first-order valence-electron chi connectivity index (χ1n) is 9.64. The minimum Gasteiger partial charge on any atom is -0.444 e. The highest BCUT2D eigenvalue weighted by molar-refractivity contribution is 5.85. The van der Waals surface area contributed by atoms with Crippen LogP contribution in [0.3, 0.4) is 0 Å². The maximum atomic E-state index is 12.8. The molecule has 8 heteroatoms. The lowest BCUT2D eigenvalue weighted by atomic mass is 9.71. The summed E-state index contributed by atoms with van der Waals surface area (Å²) in [5.74, 6) is 1.96. The van der Waals surface area contributed by atoms with Gasteiger partial charge in [-0.25, -0.2) is 4.98 Å². The number of hydrogen-bond donors (Lipinski definition) is 1. The fraction of sp³-hybridized carbons (Fsp3) is 0.789. The third kappa shape index (κ3) is 6.08. The summed E-state index contributed by atoms with van der Waals surface area (Å²) in [6.07, 6.45) is 6.56. The maximum Gasteiger partial charge on any atom is 0.223 e. The zero-order chi connectivity index (χ0) is 17.9. The van der Waals surface area contributed by atoms with Gasteiger partial charge in [0.05, 0.1) is 12.2 Å². The van der Waals surface area contributed by atoms with E-state index in [1.807, 2.05) is 18.7 Å². The summed E-state index contributed by atoms with van der Waals surface area (Å²) in [5.41, 5.74) is 7.06. The zero-order valence-electron chi connectivity index (χ0n) is 16.5. The zero-order valence-corrected chi connectivity index (χ0v) is 18.2. The van der Waals surface area contributed by atoms with Crippen molar-refractivity contribution < 1.29 is 9.21 Å². The second-order valence-corrected chi connectivity index (χ2v) is 7.85. The van der Waals surface area contributed by atoms with Gasteiger partial charge in [-0.3, -0.25) is 9.69 Å². The molecule has 3 rings (SSSR count). The van der Waals surface area contributed by atoms with Gasteiger partial charge < -0.3 is 15.1 Å². The fourth-order valence-electron chi connectivity index (χ4n) is 4.14. The molecule has 1 aliphatic heterocycles. The molecule has 1 aromatic rings. The summed E-state index contributed by atoms with van der Waals surface area (Å²) in [5, 5.41) is 0.